The van der Waals surface area contributed by atoms with Gasteiger partial charge >= 0.3 is 0 Å². The minimum absolute atomic E-state index is 0.0388. The van der Waals surface area contributed by atoms with Crippen molar-refractivity contribution in [2.24, 2.45) is 0 Å². The summed E-state index contributed by atoms with van der Waals surface area (Å²) in [4.78, 5) is 11.6. The average molecular weight is 262 g/mol. The van der Waals surface area contributed by atoms with Gasteiger partial charge in [-0.3, -0.25) is 9.48 Å². The molecule has 0 radical (unpaired) electrons. The Labute approximate surface area is 114 Å². The van der Waals surface area contributed by atoms with Crippen molar-refractivity contribution in [1.82, 2.24) is 15.1 Å². The van der Waals surface area contributed by atoms with E-state index in [4.69, 9.17) is 0 Å². The van der Waals surface area contributed by atoms with E-state index in [1.165, 1.54) is 0 Å². The molecule has 1 fully saturated rings. The van der Waals surface area contributed by atoms with Crippen molar-refractivity contribution in [3.8, 4) is 0 Å². The van der Waals surface area contributed by atoms with Crippen LogP contribution in [0.15, 0.2) is 25.0 Å². The van der Waals surface area contributed by atoms with E-state index >= 15 is 0 Å². The topological polar surface area (TPSA) is 59.0 Å². The maximum absolute atomic E-state index is 11.6. The summed E-state index contributed by atoms with van der Waals surface area (Å²) in [5.74, 6) is 0.0388. The van der Waals surface area contributed by atoms with Crippen LogP contribution in [0.25, 0.3) is 0 Å². The number of rotatable bonds is 8. The molecule has 0 aliphatic heterocycles. The molecule has 104 valence electrons. The van der Waals surface area contributed by atoms with Gasteiger partial charge in [-0.25, -0.2) is 0 Å². The number of nitrogens with one attached hydrogen (secondary N) is 2. The fourth-order valence-corrected chi connectivity index (χ4v) is 1.90. The molecular weight excluding hydrogens is 240 g/mol. The van der Waals surface area contributed by atoms with Crippen LogP contribution in [0, 0.1) is 0 Å². The van der Waals surface area contributed by atoms with Crippen LogP contribution in [0.4, 0.5) is 5.69 Å². The highest BCUT2D eigenvalue weighted by atomic mass is 16.2. The summed E-state index contributed by atoms with van der Waals surface area (Å²) >= 11 is 0. The van der Waals surface area contributed by atoms with Crippen LogP contribution < -0.4 is 10.6 Å². The Bertz CT molecular complexity index is 436. The number of carbonyl (C=O) groups excluding carboxylic acids is 1. The van der Waals surface area contributed by atoms with Crippen molar-refractivity contribution in [3.63, 3.8) is 0 Å². The number of nitrogens with zero attached hydrogens (tertiary/aromatic N) is 2. The predicted molar refractivity (Wildman–Crippen MR) is 75.9 cm³/mol. The van der Waals surface area contributed by atoms with E-state index in [-0.39, 0.29) is 5.91 Å². The summed E-state index contributed by atoms with van der Waals surface area (Å²) in [5.41, 5.74) is 0.954. The first kappa shape index (κ1) is 13.6. The molecule has 0 aromatic carbocycles. The van der Waals surface area contributed by atoms with E-state index in [0.29, 0.717) is 18.6 Å². The maximum atomic E-state index is 11.6. The minimum Gasteiger partial charge on any atom is -0.380 e. The lowest BCUT2D eigenvalue weighted by molar-refractivity contribution is -0.122. The Hall–Kier alpha value is -1.78. The third-order valence-electron chi connectivity index (χ3n) is 3.10. The third kappa shape index (κ3) is 4.77. The number of hydrogen-bond acceptors (Lipinski definition) is 3. The highest BCUT2D eigenvalue weighted by Gasteiger charge is 2.23. The zero-order valence-electron chi connectivity index (χ0n) is 11.4. The lowest BCUT2D eigenvalue weighted by Gasteiger charge is -2.11. The molecule has 2 rings (SSSR count). The highest BCUT2D eigenvalue weighted by molar-refractivity contribution is 5.76. The van der Waals surface area contributed by atoms with E-state index in [1.807, 2.05) is 12.3 Å². The zero-order valence-corrected chi connectivity index (χ0v) is 11.4. The molecule has 5 nitrogen and oxygen atoms in total. The summed E-state index contributed by atoms with van der Waals surface area (Å²) in [6.07, 6.45) is 9.80. The molecular formula is C14H22N4O. The monoisotopic (exact) mass is 262 g/mol. The van der Waals surface area contributed by atoms with E-state index in [2.05, 4.69) is 29.2 Å². The Morgan fingerprint density at radius 3 is 3.16 bits per heavy atom. The van der Waals surface area contributed by atoms with Crippen molar-refractivity contribution in [3.05, 3.63) is 25.0 Å². The van der Waals surface area contributed by atoms with Crippen molar-refractivity contribution in [2.45, 2.75) is 51.2 Å². The van der Waals surface area contributed by atoms with Crippen LogP contribution in [0.2, 0.25) is 0 Å². The van der Waals surface area contributed by atoms with Gasteiger partial charge in [0.1, 0.15) is 6.54 Å². The van der Waals surface area contributed by atoms with Crippen molar-refractivity contribution >= 4 is 11.6 Å². The van der Waals surface area contributed by atoms with Crippen LogP contribution in [0.5, 0.6) is 0 Å². The van der Waals surface area contributed by atoms with Crippen molar-refractivity contribution < 1.29 is 4.79 Å². The molecule has 1 saturated carbocycles. The van der Waals surface area contributed by atoms with Crippen LogP contribution in [-0.4, -0.2) is 27.8 Å². The van der Waals surface area contributed by atoms with E-state index in [0.717, 1.165) is 31.4 Å². The van der Waals surface area contributed by atoms with Gasteiger partial charge in [-0.15, -0.1) is 6.58 Å². The molecule has 19 heavy (non-hydrogen) atoms. The molecule has 0 saturated heterocycles. The number of allylic oxidation sites excluding steroid dienone is 1. The van der Waals surface area contributed by atoms with Crippen molar-refractivity contribution in [2.75, 3.05) is 5.32 Å². The molecule has 1 amide bonds. The molecule has 1 aliphatic carbocycles. The van der Waals surface area contributed by atoms with Gasteiger partial charge in [-0.2, -0.15) is 5.10 Å². The largest absolute Gasteiger partial charge is 0.380 e. The number of amides is 1. The van der Waals surface area contributed by atoms with Gasteiger partial charge in [0.25, 0.3) is 0 Å². The summed E-state index contributed by atoms with van der Waals surface area (Å²) in [5, 5.41) is 10.5. The lowest BCUT2D eigenvalue weighted by Crippen LogP contribution is -2.29. The smallest absolute Gasteiger partial charge is 0.241 e. The molecule has 1 aliphatic rings. The maximum Gasteiger partial charge on any atom is 0.241 e. The number of carbonyl (C=O) groups is 1. The first-order chi connectivity index (χ1) is 9.17. The molecule has 0 spiro atoms. The highest BCUT2D eigenvalue weighted by Crippen LogP contribution is 2.18. The zero-order chi connectivity index (χ0) is 13.7. The Morgan fingerprint density at radius 2 is 2.47 bits per heavy atom. The Balaban J connectivity index is 1.77. The van der Waals surface area contributed by atoms with Gasteiger partial charge in [-0.1, -0.05) is 6.08 Å². The average Bonchev–Trinajstić information content (AvgIpc) is 3.07. The fraction of sp³-hybridized carbons (Fsp3) is 0.571. The lowest BCUT2D eigenvalue weighted by atomic mass is 10.2. The van der Waals surface area contributed by atoms with Gasteiger partial charge < -0.3 is 10.6 Å². The van der Waals surface area contributed by atoms with Crippen LogP contribution in [-0.2, 0) is 11.3 Å². The van der Waals surface area contributed by atoms with Gasteiger partial charge in [0.05, 0.1) is 11.9 Å². The van der Waals surface area contributed by atoms with E-state index < -0.39 is 0 Å². The van der Waals surface area contributed by atoms with Gasteiger partial charge in [-0.05, 0) is 32.6 Å². The first-order valence-electron chi connectivity index (χ1n) is 6.86. The first-order valence-corrected chi connectivity index (χ1v) is 6.86. The Kier molecular flexibility index (Phi) is 4.60. The summed E-state index contributed by atoms with van der Waals surface area (Å²) in [6.45, 7) is 6.13. The number of hydrogen-bond donors (Lipinski definition) is 2. The summed E-state index contributed by atoms with van der Waals surface area (Å²) in [6, 6.07) is 0.774. The predicted octanol–water partition coefficient (Wildman–Crippen LogP) is 1.93. The summed E-state index contributed by atoms with van der Waals surface area (Å²) < 4.78 is 1.67. The second-order valence-corrected chi connectivity index (χ2v) is 5.18. The third-order valence-corrected chi connectivity index (χ3v) is 3.10. The van der Waals surface area contributed by atoms with Crippen LogP contribution in [0.3, 0.4) is 0 Å². The van der Waals surface area contributed by atoms with Gasteiger partial charge in [0.2, 0.25) is 5.91 Å². The standard InChI is InChI=1S/C14H22N4O/c1-3-4-5-11(2)16-13-8-15-18(9-13)10-14(19)17-12-6-7-12/h3,8-9,11-12,16H,1,4-7,10H2,2H3,(H,17,19). The van der Waals surface area contributed by atoms with Gasteiger partial charge in [0, 0.05) is 18.3 Å². The molecule has 0 bridgehead atoms. The van der Waals surface area contributed by atoms with E-state index in [9.17, 15) is 4.79 Å². The number of aromatic nitrogens is 2. The number of anilines is 1. The second kappa shape index (κ2) is 6.41. The van der Waals surface area contributed by atoms with Crippen LogP contribution >= 0.6 is 0 Å². The minimum atomic E-state index is 0.0388. The molecule has 2 N–H and O–H groups in total. The second-order valence-electron chi connectivity index (χ2n) is 5.18. The van der Waals surface area contributed by atoms with Crippen LogP contribution in [0.1, 0.15) is 32.6 Å². The molecule has 1 atom stereocenters. The molecule has 5 heteroatoms. The van der Waals surface area contributed by atoms with E-state index in [1.54, 1.807) is 10.9 Å². The van der Waals surface area contributed by atoms with Crippen molar-refractivity contribution in [1.29, 1.82) is 0 Å². The quantitative estimate of drug-likeness (QED) is 0.704. The fourth-order valence-electron chi connectivity index (χ4n) is 1.90. The Morgan fingerprint density at radius 1 is 1.68 bits per heavy atom. The molecule has 1 heterocycles. The molecule has 1 aromatic heterocycles. The summed E-state index contributed by atoms with van der Waals surface area (Å²) in [7, 11) is 0. The molecule has 1 unspecified atom stereocenters. The SMILES string of the molecule is C=CCCC(C)Nc1cnn(CC(=O)NC2CC2)c1. The molecule has 1 aromatic rings. The normalized spacial score (nSPS) is 15.8. The van der Waals surface area contributed by atoms with Gasteiger partial charge in [0.15, 0.2) is 0 Å².